The first-order chi connectivity index (χ1) is 6.36. The van der Waals surface area contributed by atoms with Crippen molar-refractivity contribution in [3.63, 3.8) is 0 Å². The van der Waals surface area contributed by atoms with E-state index in [9.17, 15) is 0 Å². The largest absolute Gasteiger partial charge is 0.351 e. The van der Waals surface area contributed by atoms with E-state index in [1.54, 1.807) is 0 Å². The summed E-state index contributed by atoms with van der Waals surface area (Å²) in [7, 11) is 0. The van der Waals surface area contributed by atoms with Crippen LogP contribution >= 0.6 is 0 Å². The lowest BCUT2D eigenvalue weighted by atomic mass is 10.3. The number of hydrogen-bond donors (Lipinski definition) is 0. The minimum atomic E-state index is 0.0141. The van der Waals surface area contributed by atoms with Crippen molar-refractivity contribution in [2.24, 2.45) is 0 Å². The minimum Gasteiger partial charge on any atom is -0.351 e. The molecule has 0 aliphatic carbocycles. The smallest absolute Gasteiger partial charge is 0.170 e. The molecule has 13 heavy (non-hydrogen) atoms. The molecular weight excluding hydrogens is 166 g/mol. The number of likely N-dealkylation sites (N-methyl/N-ethyl adjacent to an activating group) is 1. The van der Waals surface area contributed by atoms with Gasteiger partial charge in [-0.05, 0) is 13.0 Å². The van der Waals surface area contributed by atoms with Crippen LogP contribution in [0.15, 0.2) is 0 Å². The van der Waals surface area contributed by atoms with Gasteiger partial charge in [0.2, 0.25) is 0 Å². The summed E-state index contributed by atoms with van der Waals surface area (Å²) in [5, 5.41) is 0. The lowest BCUT2D eigenvalue weighted by Crippen LogP contribution is -2.43. The molecule has 0 aromatic rings. The van der Waals surface area contributed by atoms with Crippen molar-refractivity contribution in [3.8, 4) is 0 Å². The predicted molar refractivity (Wildman–Crippen MR) is 52.7 cm³/mol. The molecule has 1 heterocycles. The van der Waals surface area contributed by atoms with Crippen LogP contribution in [-0.4, -0.2) is 44.0 Å². The molecule has 1 aliphatic heterocycles. The molecule has 0 bridgehead atoms. The van der Waals surface area contributed by atoms with Gasteiger partial charge in [0.05, 0.1) is 6.61 Å². The third kappa shape index (κ3) is 4.07. The van der Waals surface area contributed by atoms with Crippen molar-refractivity contribution in [2.75, 3.05) is 32.8 Å². The minimum absolute atomic E-state index is 0.0141. The third-order valence-electron chi connectivity index (χ3n) is 2.37. The molecule has 78 valence electrons. The fourth-order valence-corrected chi connectivity index (χ4v) is 1.42. The average molecular weight is 187 g/mol. The number of ether oxygens (including phenoxy) is 2. The summed E-state index contributed by atoms with van der Waals surface area (Å²) in [5.41, 5.74) is 0. The summed E-state index contributed by atoms with van der Waals surface area (Å²) < 4.78 is 11.1. The summed E-state index contributed by atoms with van der Waals surface area (Å²) in [6.07, 6.45) is 2.33. The van der Waals surface area contributed by atoms with Crippen molar-refractivity contribution >= 4 is 0 Å². The van der Waals surface area contributed by atoms with Crippen molar-refractivity contribution in [1.82, 2.24) is 4.90 Å². The normalized spacial score (nSPS) is 24.9. The summed E-state index contributed by atoms with van der Waals surface area (Å²) in [6.45, 7) is 9.06. The standard InChI is InChI=1S/C10H21NO2/c1-3-5-7-12-10-9-11(4-2)6-8-13-10/h10H,3-9H2,1-2H3. The zero-order valence-corrected chi connectivity index (χ0v) is 8.79. The Morgan fingerprint density at radius 3 is 3.00 bits per heavy atom. The fourth-order valence-electron chi connectivity index (χ4n) is 1.42. The monoisotopic (exact) mass is 187 g/mol. The predicted octanol–water partition coefficient (Wildman–Crippen LogP) is 1.48. The molecule has 1 saturated heterocycles. The molecule has 0 aromatic heterocycles. The van der Waals surface area contributed by atoms with E-state index in [2.05, 4.69) is 18.7 Å². The molecule has 1 atom stereocenters. The molecule has 0 spiro atoms. The number of morpholine rings is 1. The molecule has 1 rings (SSSR count). The topological polar surface area (TPSA) is 21.7 Å². The molecule has 1 fully saturated rings. The SMILES string of the molecule is CCCCOC1CN(CC)CCO1. The molecule has 3 heteroatoms. The van der Waals surface area contributed by atoms with E-state index in [0.29, 0.717) is 0 Å². The van der Waals surface area contributed by atoms with Crippen molar-refractivity contribution < 1.29 is 9.47 Å². The van der Waals surface area contributed by atoms with E-state index in [1.165, 1.54) is 6.42 Å². The quantitative estimate of drug-likeness (QED) is 0.609. The lowest BCUT2D eigenvalue weighted by molar-refractivity contribution is -0.179. The van der Waals surface area contributed by atoms with Gasteiger partial charge < -0.3 is 9.47 Å². The maximum atomic E-state index is 5.59. The number of unbranched alkanes of at least 4 members (excludes halogenated alkanes) is 1. The van der Waals surface area contributed by atoms with Gasteiger partial charge in [0.25, 0.3) is 0 Å². The van der Waals surface area contributed by atoms with Gasteiger partial charge in [0.15, 0.2) is 6.29 Å². The average Bonchev–Trinajstić information content (AvgIpc) is 2.19. The van der Waals surface area contributed by atoms with Crippen LogP contribution < -0.4 is 0 Å². The maximum absolute atomic E-state index is 5.59. The third-order valence-corrected chi connectivity index (χ3v) is 2.37. The Morgan fingerprint density at radius 2 is 2.31 bits per heavy atom. The Balaban J connectivity index is 2.11. The Kier molecular flexibility index (Phi) is 5.35. The van der Waals surface area contributed by atoms with Gasteiger partial charge in [-0.1, -0.05) is 20.3 Å². The van der Waals surface area contributed by atoms with Gasteiger partial charge in [-0.25, -0.2) is 0 Å². The van der Waals surface area contributed by atoms with Gasteiger partial charge in [-0.2, -0.15) is 0 Å². The highest BCUT2D eigenvalue weighted by atomic mass is 16.7. The Morgan fingerprint density at radius 1 is 1.46 bits per heavy atom. The van der Waals surface area contributed by atoms with Crippen molar-refractivity contribution in [3.05, 3.63) is 0 Å². The van der Waals surface area contributed by atoms with Crippen molar-refractivity contribution in [2.45, 2.75) is 33.0 Å². The summed E-state index contributed by atoms with van der Waals surface area (Å²) in [6, 6.07) is 0. The molecule has 3 nitrogen and oxygen atoms in total. The zero-order chi connectivity index (χ0) is 9.52. The van der Waals surface area contributed by atoms with E-state index in [-0.39, 0.29) is 6.29 Å². The van der Waals surface area contributed by atoms with Crippen LogP contribution in [-0.2, 0) is 9.47 Å². The zero-order valence-electron chi connectivity index (χ0n) is 8.79. The summed E-state index contributed by atoms with van der Waals surface area (Å²) in [4.78, 5) is 2.36. The van der Waals surface area contributed by atoms with Crippen LogP contribution in [0.5, 0.6) is 0 Å². The number of rotatable bonds is 5. The second kappa shape index (κ2) is 6.35. The van der Waals surface area contributed by atoms with Gasteiger partial charge in [0.1, 0.15) is 0 Å². The van der Waals surface area contributed by atoms with Gasteiger partial charge in [-0.3, -0.25) is 4.90 Å². The summed E-state index contributed by atoms with van der Waals surface area (Å²) >= 11 is 0. The molecule has 0 amide bonds. The first-order valence-electron chi connectivity index (χ1n) is 5.32. The molecule has 1 unspecified atom stereocenters. The summed E-state index contributed by atoms with van der Waals surface area (Å²) in [5.74, 6) is 0. The van der Waals surface area contributed by atoms with Gasteiger partial charge >= 0.3 is 0 Å². The molecule has 0 radical (unpaired) electrons. The second-order valence-electron chi connectivity index (χ2n) is 3.42. The van der Waals surface area contributed by atoms with Crippen molar-refractivity contribution in [1.29, 1.82) is 0 Å². The van der Waals surface area contributed by atoms with E-state index in [0.717, 1.165) is 39.3 Å². The van der Waals surface area contributed by atoms with Crippen LogP contribution in [0.2, 0.25) is 0 Å². The second-order valence-corrected chi connectivity index (χ2v) is 3.42. The Labute approximate surface area is 81.0 Å². The number of hydrogen-bond acceptors (Lipinski definition) is 3. The first-order valence-corrected chi connectivity index (χ1v) is 5.32. The van der Waals surface area contributed by atoms with Crippen LogP contribution in [0.25, 0.3) is 0 Å². The van der Waals surface area contributed by atoms with Crippen LogP contribution in [0, 0.1) is 0 Å². The Hall–Kier alpha value is -0.120. The highest BCUT2D eigenvalue weighted by Gasteiger charge is 2.18. The molecule has 1 aliphatic rings. The van der Waals surface area contributed by atoms with E-state index < -0.39 is 0 Å². The van der Waals surface area contributed by atoms with Crippen LogP contribution in [0.3, 0.4) is 0 Å². The Bertz CT molecular complexity index is 130. The molecular formula is C10H21NO2. The fraction of sp³-hybridized carbons (Fsp3) is 1.00. The molecule has 0 aromatic carbocycles. The molecule has 0 N–H and O–H groups in total. The van der Waals surface area contributed by atoms with Gasteiger partial charge in [0, 0.05) is 19.7 Å². The first kappa shape index (κ1) is 11.0. The highest BCUT2D eigenvalue weighted by Crippen LogP contribution is 2.06. The maximum Gasteiger partial charge on any atom is 0.170 e. The highest BCUT2D eigenvalue weighted by molar-refractivity contribution is 4.63. The van der Waals surface area contributed by atoms with E-state index in [1.807, 2.05) is 0 Å². The van der Waals surface area contributed by atoms with E-state index >= 15 is 0 Å². The van der Waals surface area contributed by atoms with E-state index in [4.69, 9.17) is 9.47 Å². The number of nitrogens with zero attached hydrogens (tertiary/aromatic N) is 1. The van der Waals surface area contributed by atoms with Crippen LogP contribution in [0.1, 0.15) is 26.7 Å². The van der Waals surface area contributed by atoms with Gasteiger partial charge in [-0.15, -0.1) is 0 Å². The lowest BCUT2D eigenvalue weighted by Gasteiger charge is -2.31. The van der Waals surface area contributed by atoms with Crippen LogP contribution in [0.4, 0.5) is 0 Å². The molecule has 0 saturated carbocycles.